The van der Waals surface area contributed by atoms with E-state index in [4.69, 9.17) is 0 Å². The lowest BCUT2D eigenvalue weighted by molar-refractivity contribution is -0.134. The van der Waals surface area contributed by atoms with Gasteiger partial charge >= 0.3 is 0 Å². The van der Waals surface area contributed by atoms with Gasteiger partial charge in [0.25, 0.3) is 0 Å². The van der Waals surface area contributed by atoms with Crippen LogP contribution in [0.2, 0.25) is 0 Å². The maximum absolute atomic E-state index is 12.7. The Morgan fingerprint density at radius 3 is 2.74 bits per heavy atom. The van der Waals surface area contributed by atoms with Crippen LogP contribution in [0.25, 0.3) is 0 Å². The van der Waals surface area contributed by atoms with Crippen LogP contribution in [0.1, 0.15) is 31.4 Å². The highest BCUT2D eigenvalue weighted by molar-refractivity contribution is 5.89. The van der Waals surface area contributed by atoms with Gasteiger partial charge in [-0.15, -0.1) is 0 Å². The largest absolute Gasteiger partial charge is 0.353 e. The summed E-state index contributed by atoms with van der Waals surface area (Å²) in [6, 6.07) is 13.2. The Bertz CT molecular complexity index is 777. The molecule has 0 unspecified atom stereocenters. The zero-order chi connectivity index (χ0) is 19.3. The van der Waals surface area contributed by atoms with Gasteiger partial charge in [0, 0.05) is 32.0 Å². The van der Waals surface area contributed by atoms with Gasteiger partial charge < -0.3 is 10.6 Å². The summed E-state index contributed by atoms with van der Waals surface area (Å²) in [6.45, 7) is 5.83. The van der Waals surface area contributed by atoms with E-state index < -0.39 is 11.6 Å². The van der Waals surface area contributed by atoms with E-state index in [1.165, 1.54) is 0 Å². The van der Waals surface area contributed by atoms with E-state index in [0.717, 1.165) is 11.1 Å². The first-order valence-corrected chi connectivity index (χ1v) is 9.23. The molecule has 1 aromatic carbocycles. The fourth-order valence-electron chi connectivity index (χ4n) is 3.40. The lowest BCUT2D eigenvalue weighted by Crippen LogP contribution is -2.56. The molecule has 2 amide bonds. The van der Waals surface area contributed by atoms with Crippen molar-refractivity contribution in [3.8, 4) is 0 Å². The normalized spacial score (nSPS) is 18.0. The molecule has 1 aliphatic rings. The molecule has 1 aliphatic heterocycles. The first-order chi connectivity index (χ1) is 13.0. The number of benzene rings is 1. The molecule has 2 aromatic rings. The molecule has 6 nitrogen and oxygen atoms in total. The summed E-state index contributed by atoms with van der Waals surface area (Å²) >= 11 is 0. The van der Waals surface area contributed by atoms with Crippen molar-refractivity contribution in [1.82, 2.24) is 20.5 Å². The standard InChI is InChI=1S/C21H26N4O2/c1-21(2,17-8-4-3-5-9-17)24-19(26)13-18-20(27)23-11-12-25(18)15-16-7-6-10-22-14-16/h3-10,14,18H,11-13,15H2,1-2H3,(H,23,27)(H,24,26)/t18-/m0/s1. The first kappa shape index (κ1) is 19.0. The van der Waals surface area contributed by atoms with Crippen molar-refractivity contribution in [2.75, 3.05) is 13.1 Å². The molecule has 6 heteroatoms. The average Bonchev–Trinajstić information content (AvgIpc) is 2.66. The van der Waals surface area contributed by atoms with Crippen molar-refractivity contribution >= 4 is 11.8 Å². The van der Waals surface area contributed by atoms with Gasteiger partial charge in [0.15, 0.2) is 0 Å². The minimum Gasteiger partial charge on any atom is -0.353 e. The third-order valence-electron chi connectivity index (χ3n) is 4.88. The molecule has 1 atom stereocenters. The molecule has 1 saturated heterocycles. The third kappa shape index (κ3) is 4.92. The Labute approximate surface area is 160 Å². The number of hydrogen-bond acceptors (Lipinski definition) is 4. The molecule has 0 spiro atoms. The minimum absolute atomic E-state index is 0.0993. The van der Waals surface area contributed by atoms with Gasteiger partial charge in [0.2, 0.25) is 11.8 Å². The molecule has 1 aromatic heterocycles. The summed E-state index contributed by atoms with van der Waals surface area (Å²) in [5.41, 5.74) is 1.55. The summed E-state index contributed by atoms with van der Waals surface area (Å²) in [5, 5.41) is 5.94. The Balaban J connectivity index is 1.67. The van der Waals surface area contributed by atoms with Crippen LogP contribution in [0.3, 0.4) is 0 Å². The molecule has 2 heterocycles. The maximum Gasteiger partial charge on any atom is 0.237 e. The lowest BCUT2D eigenvalue weighted by atomic mass is 9.94. The van der Waals surface area contributed by atoms with Gasteiger partial charge in [-0.05, 0) is 31.0 Å². The Hall–Kier alpha value is -2.73. The minimum atomic E-state index is -0.502. The number of nitrogens with zero attached hydrogens (tertiary/aromatic N) is 2. The van der Waals surface area contributed by atoms with Crippen LogP contribution in [-0.2, 0) is 21.7 Å². The molecular formula is C21H26N4O2. The third-order valence-corrected chi connectivity index (χ3v) is 4.88. The molecule has 2 N–H and O–H groups in total. The van der Waals surface area contributed by atoms with Gasteiger partial charge in [-0.25, -0.2) is 0 Å². The van der Waals surface area contributed by atoms with E-state index in [0.29, 0.717) is 19.6 Å². The molecule has 142 valence electrons. The van der Waals surface area contributed by atoms with E-state index in [2.05, 4.69) is 15.6 Å². The predicted molar refractivity (Wildman–Crippen MR) is 104 cm³/mol. The molecule has 0 radical (unpaired) electrons. The predicted octanol–water partition coefficient (Wildman–Crippen LogP) is 1.82. The molecular weight excluding hydrogens is 340 g/mol. The number of nitrogens with one attached hydrogen (secondary N) is 2. The van der Waals surface area contributed by atoms with Gasteiger partial charge in [-0.1, -0.05) is 36.4 Å². The monoisotopic (exact) mass is 366 g/mol. The van der Waals surface area contributed by atoms with Gasteiger partial charge in [0.1, 0.15) is 0 Å². The maximum atomic E-state index is 12.7. The summed E-state index contributed by atoms with van der Waals surface area (Å²) in [7, 11) is 0. The smallest absolute Gasteiger partial charge is 0.237 e. The number of hydrogen-bond donors (Lipinski definition) is 2. The zero-order valence-corrected chi connectivity index (χ0v) is 15.8. The number of piperazine rings is 1. The van der Waals surface area contributed by atoms with Crippen LogP contribution in [0.15, 0.2) is 54.9 Å². The average molecular weight is 366 g/mol. The molecule has 0 saturated carbocycles. The zero-order valence-electron chi connectivity index (χ0n) is 15.8. The Morgan fingerprint density at radius 1 is 1.26 bits per heavy atom. The second-order valence-corrected chi connectivity index (χ2v) is 7.38. The van der Waals surface area contributed by atoms with Crippen LogP contribution in [0.4, 0.5) is 0 Å². The van der Waals surface area contributed by atoms with Crippen molar-refractivity contribution in [2.24, 2.45) is 0 Å². The van der Waals surface area contributed by atoms with Crippen LogP contribution in [0, 0.1) is 0 Å². The van der Waals surface area contributed by atoms with Gasteiger partial charge in [-0.2, -0.15) is 0 Å². The van der Waals surface area contributed by atoms with Crippen molar-refractivity contribution in [1.29, 1.82) is 0 Å². The van der Waals surface area contributed by atoms with Crippen molar-refractivity contribution in [3.63, 3.8) is 0 Å². The fraction of sp³-hybridized carbons (Fsp3) is 0.381. The van der Waals surface area contributed by atoms with Crippen LogP contribution in [0.5, 0.6) is 0 Å². The van der Waals surface area contributed by atoms with Crippen molar-refractivity contribution in [2.45, 2.75) is 38.4 Å². The van der Waals surface area contributed by atoms with E-state index >= 15 is 0 Å². The molecule has 0 bridgehead atoms. The highest BCUT2D eigenvalue weighted by atomic mass is 16.2. The number of pyridine rings is 1. The number of rotatable bonds is 6. The fourth-order valence-corrected chi connectivity index (χ4v) is 3.40. The number of carbonyl (C=O) groups is 2. The van der Waals surface area contributed by atoms with Gasteiger partial charge in [-0.3, -0.25) is 19.5 Å². The van der Waals surface area contributed by atoms with Crippen molar-refractivity contribution < 1.29 is 9.59 Å². The summed E-state index contributed by atoms with van der Waals surface area (Å²) in [4.78, 5) is 31.3. The lowest BCUT2D eigenvalue weighted by Gasteiger charge is -2.35. The first-order valence-electron chi connectivity index (χ1n) is 9.23. The number of aromatic nitrogens is 1. The second kappa shape index (κ2) is 8.31. The quantitative estimate of drug-likeness (QED) is 0.818. The van der Waals surface area contributed by atoms with Crippen molar-refractivity contribution in [3.05, 3.63) is 66.0 Å². The van der Waals surface area contributed by atoms with Crippen LogP contribution >= 0.6 is 0 Å². The van der Waals surface area contributed by atoms with E-state index in [9.17, 15) is 9.59 Å². The molecule has 27 heavy (non-hydrogen) atoms. The number of carbonyl (C=O) groups excluding carboxylic acids is 2. The Kier molecular flexibility index (Phi) is 5.86. The topological polar surface area (TPSA) is 74.3 Å². The summed E-state index contributed by atoms with van der Waals surface area (Å²) in [5.74, 6) is -0.236. The Morgan fingerprint density at radius 2 is 2.04 bits per heavy atom. The van der Waals surface area contributed by atoms with Gasteiger partial charge in [0.05, 0.1) is 18.0 Å². The van der Waals surface area contributed by atoms with E-state index in [-0.39, 0.29) is 18.2 Å². The summed E-state index contributed by atoms with van der Waals surface area (Å²) in [6.07, 6.45) is 3.65. The summed E-state index contributed by atoms with van der Waals surface area (Å²) < 4.78 is 0. The number of amides is 2. The highest BCUT2D eigenvalue weighted by Crippen LogP contribution is 2.20. The molecule has 3 rings (SSSR count). The SMILES string of the molecule is CC(C)(NC(=O)C[C@H]1C(=O)NCCN1Cc1cccnc1)c1ccccc1. The molecule has 0 aliphatic carbocycles. The van der Waals surface area contributed by atoms with Crippen LogP contribution in [-0.4, -0.2) is 40.8 Å². The van der Waals surface area contributed by atoms with Crippen LogP contribution < -0.4 is 10.6 Å². The molecule has 1 fully saturated rings. The second-order valence-electron chi connectivity index (χ2n) is 7.38. The van der Waals surface area contributed by atoms with E-state index in [1.807, 2.05) is 61.2 Å². The highest BCUT2D eigenvalue weighted by Gasteiger charge is 2.33. The van der Waals surface area contributed by atoms with E-state index in [1.54, 1.807) is 12.4 Å².